The average molecular weight is 432 g/mol. The monoisotopic (exact) mass is 431 g/mol. The molecule has 0 radical (unpaired) electrons. The van der Waals surface area contributed by atoms with Crippen molar-refractivity contribution in [2.75, 3.05) is 17.6 Å². The quantitative estimate of drug-likeness (QED) is 0.469. The Bertz CT molecular complexity index is 957. The Morgan fingerprint density at radius 2 is 1.97 bits per heavy atom. The molecule has 9 nitrogen and oxygen atoms in total. The summed E-state index contributed by atoms with van der Waals surface area (Å²) in [4.78, 5) is 20.6. The number of carbonyl (C=O) groups is 1. The minimum Gasteiger partial charge on any atom is -0.444 e. The number of hydrogen-bond acceptors (Lipinski definition) is 7. The normalized spacial score (nSPS) is 11.8. The van der Waals surface area contributed by atoms with Gasteiger partial charge in [-0.15, -0.1) is 12.4 Å². The van der Waals surface area contributed by atoms with Crippen LogP contribution >= 0.6 is 12.4 Å². The van der Waals surface area contributed by atoms with Gasteiger partial charge in [0.25, 0.3) is 0 Å². The molecule has 0 aliphatic carbocycles. The highest BCUT2D eigenvalue weighted by molar-refractivity contribution is 5.85. The van der Waals surface area contributed by atoms with E-state index in [0.29, 0.717) is 17.5 Å². The van der Waals surface area contributed by atoms with Crippen molar-refractivity contribution in [2.24, 2.45) is 0 Å². The number of H-pyrrole nitrogens is 1. The molecule has 0 spiro atoms. The smallest absolute Gasteiger partial charge is 0.407 e. The number of nitrogens with one attached hydrogen (secondary N) is 3. The molecule has 2 aromatic heterocycles. The van der Waals surface area contributed by atoms with Gasteiger partial charge in [-0.1, -0.05) is 18.2 Å². The number of nitrogens with zero attached hydrogens (tertiary/aromatic N) is 3. The lowest BCUT2D eigenvalue weighted by Crippen LogP contribution is -2.36. The minimum atomic E-state index is -0.576. The molecule has 5 N–H and O–H groups in total. The molecule has 0 bridgehead atoms. The fraction of sp³-hybridized carbons (Fsp3) is 0.300. The summed E-state index contributed by atoms with van der Waals surface area (Å²) < 4.78 is 5.32. The van der Waals surface area contributed by atoms with Gasteiger partial charge in [-0.05, 0) is 45.0 Å². The minimum absolute atomic E-state index is 0. The van der Waals surface area contributed by atoms with Crippen molar-refractivity contribution in [3.05, 3.63) is 54.5 Å². The Hall–Kier alpha value is -3.33. The molecule has 0 aliphatic heterocycles. The lowest BCUT2D eigenvalue weighted by molar-refractivity contribution is 0.0525. The topological polar surface area (TPSA) is 131 Å². The Morgan fingerprint density at radius 3 is 2.63 bits per heavy atom. The van der Waals surface area contributed by atoms with E-state index in [0.717, 1.165) is 11.3 Å². The second-order valence-electron chi connectivity index (χ2n) is 7.46. The van der Waals surface area contributed by atoms with Crippen molar-refractivity contribution < 1.29 is 9.53 Å². The molecule has 1 amide bonds. The van der Waals surface area contributed by atoms with Crippen molar-refractivity contribution >= 4 is 30.0 Å². The van der Waals surface area contributed by atoms with Crippen molar-refractivity contribution in [3.8, 4) is 11.4 Å². The second kappa shape index (κ2) is 9.93. The number of aromatic nitrogens is 4. The van der Waals surface area contributed by atoms with E-state index >= 15 is 0 Å². The van der Waals surface area contributed by atoms with Crippen molar-refractivity contribution in [1.82, 2.24) is 25.5 Å². The van der Waals surface area contributed by atoms with E-state index in [-0.39, 0.29) is 25.0 Å². The highest BCUT2D eigenvalue weighted by Crippen LogP contribution is 2.21. The van der Waals surface area contributed by atoms with Crippen LogP contribution in [0.1, 0.15) is 32.6 Å². The number of rotatable bonds is 6. The number of amides is 1. The van der Waals surface area contributed by atoms with Crippen LogP contribution in [0, 0.1) is 0 Å². The zero-order valence-corrected chi connectivity index (χ0v) is 17.9. The number of nitrogen functional groups attached to an aromatic ring is 1. The van der Waals surface area contributed by atoms with E-state index in [9.17, 15) is 4.79 Å². The number of ether oxygens (including phenoxy) is 1. The summed E-state index contributed by atoms with van der Waals surface area (Å²) in [7, 11) is 0. The Balaban J connectivity index is 0.00000320. The number of aromatic amines is 1. The van der Waals surface area contributed by atoms with Gasteiger partial charge in [0.1, 0.15) is 23.3 Å². The van der Waals surface area contributed by atoms with E-state index in [4.69, 9.17) is 10.5 Å². The maximum atomic E-state index is 12.1. The standard InChI is InChI=1S/C20H25N7O2.ClH/c1-20(2,3)29-19(28)23-12-15(24-14-7-5-4-6-8-14)18-25-17(26-27-18)13-9-10-22-16(21)11-13;/h4-11,15,24H,12H2,1-3H3,(H2,21,22)(H,23,28)(H,25,26,27);1H. The van der Waals surface area contributed by atoms with Crippen molar-refractivity contribution in [1.29, 1.82) is 0 Å². The lowest BCUT2D eigenvalue weighted by Gasteiger charge is -2.22. The van der Waals surface area contributed by atoms with Crippen LogP contribution in [0.25, 0.3) is 11.4 Å². The van der Waals surface area contributed by atoms with Gasteiger partial charge in [-0.2, -0.15) is 5.10 Å². The first-order valence-electron chi connectivity index (χ1n) is 9.23. The van der Waals surface area contributed by atoms with Crippen LogP contribution in [0.2, 0.25) is 0 Å². The Labute approximate surface area is 181 Å². The van der Waals surface area contributed by atoms with Crippen molar-refractivity contribution in [3.63, 3.8) is 0 Å². The molecule has 30 heavy (non-hydrogen) atoms. The van der Waals surface area contributed by atoms with E-state index in [1.807, 2.05) is 51.1 Å². The average Bonchev–Trinajstić information content (AvgIpc) is 3.15. The molecule has 3 rings (SSSR count). The number of anilines is 2. The number of benzene rings is 1. The van der Waals surface area contributed by atoms with Crippen LogP contribution in [0.5, 0.6) is 0 Å². The van der Waals surface area contributed by atoms with Gasteiger partial charge in [-0.3, -0.25) is 5.10 Å². The van der Waals surface area contributed by atoms with E-state index in [1.54, 1.807) is 18.3 Å². The molecule has 1 unspecified atom stereocenters. The third-order valence-electron chi connectivity index (χ3n) is 3.84. The van der Waals surface area contributed by atoms with E-state index in [1.165, 1.54) is 0 Å². The number of alkyl carbamates (subject to hydrolysis) is 1. The van der Waals surface area contributed by atoms with Crippen LogP contribution in [-0.2, 0) is 4.74 Å². The maximum Gasteiger partial charge on any atom is 0.407 e. The van der Waals surface area contributed by atoms with Crippen LogP contribution < -0.4 is 16.4 Å². The molecular formula is C20H26ClN7O2. The number of pyridine rings is 1. The maximum absolute atomic E-state index is 12.1. The second-order valence-corrected chi connectivity index (χ2v) is 7.46. The molecule has 0 saturated carbocycles. The van der Waals surface area contributed by atoms with Gasteiger partial charge in [-0.25, -0.2) is 14.8 Å². The van der Waals surface area contributed by atoms with Gasteiger partial charge in [0.15, 0.2) is 5.82 Å². The summed E-state index contributed by atoms with van der Waals surface area (Å²) >= 11 is 0. The number of halogens is 1. The molecule has 1 atom stereocenters. The largest absolute Gasteiger partial charge is 0.444 e. The summed E-state index contributed by atoms with van der Waals surface area (Å²) in [5.74, 6) is 1.45. The van der Waals surface area contributed by atoms with E-state index < -0.39 is 11.7 Å². The van der Waals surface area contributed by atoms with Gasteiger partial charge >= 0.3 is 6.09 Å². The zero-order valence-electron chi connectivity index (χ0n) is 17.0. The fourth-order valence-electron chi connectivity index (χ4n) is 2.60. The van der Waals surface area contributed by atoms with Gasteiger partial charge in [0.2, 0.25) is 0 Å². The summed E-state index contributed by atoms with van der Waals surface area (Å²) in [5.41, 5.74) is 6.80. The third-order valence-corrected chi connectivity index (χ3v) is 3.84. The summed E-state index contributed by atoms with van der Waals surface area (Å²) in [6.45, 7) is 5.69. The van der Waals surface area contributed by atoms with Crippen molar-refractivity contribution in [2.45, 2.75) is 32.4 Å². The molecule has 0 fully saturated rings. The number of para-hydroxylation sites is 1. The SMILES string of the molecule is CC(C)(C)OC(=O)NCC(Nc1ccccc1)c1nc(-c2ccnc(N)c2)n[nH]1.Cl. The van der Waals surface area contributed by atoms with E-state index in [2.05, 4.69) is 30.8 Å². The Morgan fingerprint density at radius 1 is 1.23 bits per heavy atom. The predicted molar refractivity (Wildman–Crippen MR) is 118 cm³/mol. The highest BCUT2D eigenvalue weighted by Gasteiger charge is 2.21. The Kier molecular flexibility index (Phi) is 7.60. The van der Waals surface area contributed by atoms with Crippen LogP contribution in [-0.4, -0.2) is 38.4 Å². The molecule has 10 heteroatoms. The van der Waals surface area contributed by atoms with Crippen LogP contribution in [0.4, 0.5) is 16.3 Å². The summed E-state index contributed by atoms with van der Waals surface area (Å²) in [6.07, 6.45) is 1.10. The third kappa shape index (κ3) is 6.63. The zero-order chi connectivity index (χ0) is 20.9. The lowest BCUT2D eigenvalue weighted by atomic mass is 10.2. The first-order valence-corrected chi connectivity index (χ1v) is 9.23. The molecule has 2 heterocycles. The molecule has 0 saturated heterocycles. The molecule has 0 aliphatic rings. The molecular weight excluding hydrogens is 406 g/mol. The first-order chi connectivity index (χ1) is 13.8. The van der Waals surface area contributed by atoms with Gasteiger partial charge < -0.3 is 21.1 Å². The van der Waals surface area contributed by atoms with Gasteiger partial charge in [0, 0.05) is 24.0 Å². The van der Waals surface area contributed by atoms with Crippen LogP contribution in [0.15, 0.2) is 48.7 Å². The fourth-order valence-corrected chi connectivity index (χ4v) is 2.60. The summed E-state index contributed by atoms with van der Waals surface area (Å²) in [6, 6.07) is 12.8. The number of nitrogens with two attached hydrogens (primary N) is 1. The molecule has 1 aromatic carbocycles. The first kappa shape index (κ1) is 23.0. The predicted octanol–water partition coefficient (Wildman–Crippen LogP) is 3.55. The number of hydrogen-bond donors (Lipinski definition) is 4. The van der Waals surface area contributed by atoms with Gasteiger partial charge in [0.05, 0.1) is 0 Å². The highest BCUT2D eigenvalue weighted by atomic mass is 35.5. The number of carbonyl (C=O) groups excluding carboxylic acids is 1. The molecule has 3 aromatic rings. The summed E-state index contributed by atoms with van der Waals surface area (Å²) in [5, 5.41) is 13.3. The van der Waals surface area contributed by atoms with Crippen LogP contribution in [0.3, 0.4) is 0 Å². The molecule has 160 valence electrons.